The fourth-order valence-electron chi connectivity index (χ4n) is 8.26. The van der Waals surface area contributed by atoms with Crippen molar-refractivity contribution in [3.8, 4) is 0 Å². The number of hydrogen-bond donors (Lipinski definition) is 4. The van der Waals surface area contributed by atoms with Crippen LogP contribution in [0.25, 0.3) is 0 Å². The average molecular weight is 849 g/mol. The van der Waals surface area contributed by atoms with Crippen molar-refractivity contribution < 1.29 is 19.8 Å². The lowest BCUT2D eigenvalue weighted by atomic mass is 9.66. The van der Waals surface area contributed by atoms with Crippen LogP contribution in [0.2, 0.25) is 0 Å². The second kappa shape index (κ2) is 25.7. The molecule has 61 heavy (non-hydrogen) atoms. The molecule has 2 aliphatic carbocycles. The second-order valence-corrected chi connectivity index (χ2v) is 19.5. The molecule has 3 atom stereocenters. The van der Waals surface area contributed by atoms with Crippen LogP contribution in [-0.4, -0.2) is 58.8 Å². The van der Waals surface area contributed by atoms with Gasteiger partial charge in [-0.05, 0) is 131 Å². The summed E-state index contributed by atoms with van der Waals surface area (Å²) in [5.74, 6) is 0.652. The Kier molecular flexibility index (Phi) is 21.6. The molecule has 332 valence electrons. The van der Waals surface area contributed by atoms with E-state index in [9.17, 15) is 19.8 Å². The van der Waals surface area contributed by atoms with E-state index < -0.39 is 24.0 Å². The van der Waals surface area contributed by atoms with Gasteiger partial charge in [-0.15, -0.1) is 0 Å². The maximum Gasteiger partial charge on any atom is 0.321 e. The first-order valence-electron chi connectivity index (χ1n) is 22.2. The topological polar surface area (TPSA) is 98.7 Å². The van der Waals surface area contributed by atoms with Crippen molar-refractivity contribution in [3.05, 3.63) is 153 Å². The molecule has 0 radical (unpaired) electrons. The number of rotatable bonds is 23. The molecule has 1 aromatic rings. The molecule has 0 aliphatic heterocycles. The van der Waals surface area contributed by atoms with Gasteiger partial charge in [0.05, 0.1) is 0 Å². The molecule has 0 heterocycles. The standard InChI is InChI=1S/C54H76N2O4S/c1-39(24-28-47-43(5)21-16-33-53(47,7)8)17-14-19-41(3)30-34-55-49(51(57)58)32-36-61-38-46-27-26-44(6)48(54(46,9)10)29-25-40(2)18-15-20-42(4)31-35-56-50(52(59)60)37-45-22-12-11-13-23-45/h11-15,17-20,22-25,28-31,46,49-50,55-56H,16,21,26-27,32-38H2,1-10H3,(H,57,58)(H,59,60)/b19-14+,20-15+,28-24+,29-25+,39-17+,40-18+,41-30+,42-31+. The third-order valence-electron chi connectivity index (χ3n) is 12.4. The van der Waals surface area contributed by atoms with Crippen molar-refractivity contribution in [1.29, 1.82) is 0 Å². The van der Waals surface area contributed by atoms with Crippen LogP contribution in [0.4, 0.5) is 0 Å². The number of aliphatic carboxylic acids is 2. The van der Waals surface area contributed by atoms with Crippen molar-refractivity contribution in [1.82, 2.24) is 10.6 Å². The summed E-state index contributed by atoms with van der Waals surface area (Å²) in [6.45, 7) is 23.2. The molecule has 0 fully saturated rings. The summed E-state index contributed by atoms with van der Waals surface area (Å²) in [5.41, 5.74) is 11.6. The molecule has 2 aliphatic rings. The monoisotopic (exact) mass is 849 g/mol. The van der Waals surface area contributed by atoms with Gasteiger partial charge in [-0.1, -0.05) is 164 Å². The van der Waals surface area contributed by atoms with Crippen molar-refractivity contribution in [3.63, 3.8) is 0 Å². The summed E-state index contributed by atoms with van der Waals surface area (Å²) < 4.78 is 0. The van der Waals surface area contributed by atoms with Gasteiger partial charge < -0.3 is 20.8 Å². The van der Waals surface area contributed by atoms with Crippen LogP contribution in [-0.2, 0) is 16.0 Å². The summed E-state index contributed by atoms with van der Waals surface area (Å²) in [6.07, 6.45) is 32.5. The maximum absolute atomic E-state index is 12.1. The Labute approximate surface area is 373 Å². The molecule has 3 rings (SSSR count). The second-order valence-electron chi connectivity index (χ2n) is 18.3. The molecular formula is C54H76N2O4S. The number of nitrogens with one attached hydrogen (secondary N) is 2. The highest BCUT2D eigenvalue weighted by atomic mass is 32.2. The molecule has 7 heteroatoms. The highest BCUT2D eigenvalue weighted by Gasteiger charge is 2.36. The van der Waals surface area contributed by atoms with Crippen molar-refractivity contribution in [2.24, 2.45) is 16.7 Å². The van der Waals surface area contributed by atoms with Gasteiger partial charge in [0.25, 0.3) is 0 Å². The van der Waals surface area contributed by atoms with E-state index in [2.05, 4.69) is 128 Å². The van der Waals surface area contributed by atoms with Gasteiger partial charge in [0.2, 0.25) is 0 Å². The van der Waals surface area contributed by atoms with Gasteiger partial charge in [-0.3, -0.25) is 9.59 Å². The van der Waals surface area contributed by atoms with Crippen LogP contribution in [0.15, 0.2) is 148 Å². The summed E-state index contributed by atoms with van der Waals surface area (Å²) in [6, 6.07) is 8.47. The summed E-state index contributed by atoms with van der Waals surface area (Å²) in [4.78, 5) is 23.9. The molecule has 3 unspecified atom stereocenters. The largest absolute Gasteiger partial charge is 0.480 e. The van der Waals surface area contributed by atoms with Crippen LogP contribution in [0.5, 0.6) is 0 Å². The van der Waals surface area contributed by atoms with E-state index in [4.69, 9.17) is 0 Å². The van der Waals surface area contributed by atoms with Gasteiger partial charge in [0, 0.05) is 13.1 Å². The molecule has 0 saturated carbocycles. The number of carbonyl (C=O) groups is 2. The van der Waals surface area contributed by atoms with E-state index >= 15 is 0 Å². The molecule has 0 amide bonds. The van der Waals surface area contributed by atoms with E-state index in [1.165, 1.54) is 47.1 Å². The number of allylic oxidation sites excluding steroid dienone is 18. The SMILES string of the molecule is CC1=C(/C=C/C(C)=C/C=C/C(C)=C/CNC(CCSCC2CCC(C)=C(/C=C/C(C)=C/C=C/C(C)=C/CNC(Cc3ccccc3)C(=O)O)C2(C)C)C(=O)O)C(C)(C)CCC1. The Morgan fingerprint density at radius 2 is 1.30 bits per heavy atom. The number of hydrogen-bond acceptors (Lipinski definition) is 5. The predicted molar refractivity (Wildman–Crippen MR) is 262 cm³/mol. The highest BCUT2D eigenvalue weighted by molar-refractivity contribution is 7.99. The Balaban J connectivity index is 1.45. The predicted octanol–water partition coefficient (Wildman–Crippen LogP) is 12.7. The van der Waals surface area contributed by atoms with Gasteiger partial charge in [-0.2, -0.15) is 11.8 Å². The number of thioether (sulfide) groups is 1. The first-order valence-corrected chi connectivity index (χ1v) is 23.4. The molecule has 6 nitrogen and oxygen atoms in total. The number of benzene rings is 1. The first-order chi connectivity index (χ1) is 28.9. The van der Waals surface area contributed by atoms with E-state index in [0.29, 0.717) is 31.8 Å². The van der Waals surface area contributed by atoms with Crippen LogP contribution < -0.4 is 10.6 Å². The minimum absolute atomic E-state index is 0.00974. The Hall–Kier alpha value is -4.17. The zero-order valence-electron chi connectivity index (χ0n) is 38.9. The zero-order chi connectivity index (χ0) is 45.0. The lowest BCUT2D eigenvalue weighted by molar-refractivity contribution is -0.140. The Bertz CT molecular complexity index is 1930. The van der Waals surface area contributed by atoms with Gasteiger partial charge in [0.15, 0.2) is 0 Å². The van der Waals surface area contributed by atoms with Gasteiger partial charge >= 0.3 is 11.9 Å². The Morgan fingerprint density at radius 1 is 0.754 bits per heavy atom. The Morgan fingerprint density at radius 3 is 1.85 bits per heavy atom. The summed E-state index contributed by atoms with van der Waals surface area (Å²) >= 11 is 1.87. The van der Waals surface area contributed by atoms with Crippen molar-refractivity contribution >= 4 is 23.7 Å². The number of carboxylic acids is 2. The molecule has 4 N–H and O–H groups in total. The lowest BCUT2D eigenvalue weighted by Gasteiger charge is -2.41. The quantitative estimate of drug-likeness (QED) is 0.0643. The highest BCUT2D eigenvalue weighted by Crippen LogP contribution is 2.46. The lowest BCUT2D eigenvalue weighted by Crippen LogP contribution is -2.38. The van der Waals surface area contributed by atoms with Crippen LogP contribution in [0.1, 0.15) is 113 Å². The average Bonchev–Trinajstić information content (AvgIpc) is 3.18. The summed E-state index contributed by atoms with van der Waals surface area (Å²) in [7, 11) is 0. The van der Waals surface area contributed by atoms with Gasteiger partial charge in [0.1, 0.15) is 12.1 Å². The van der Waals surface area contributed by atoms with E-state index in [-0.39, 0.29) is 10.8 Å². The minimum Gasteiger partial charge on any atom is -0.480 e. The molecule has 0 aromatic heterocycles. The normalized spacial score (nSPS) is 20.5. The van der Waals surface area contributed by atoms with Crippen molar-refractivity contribution in [2.75, 3.05) is 24.6 Å². The zero-order valence-corrected chi connectivity index (χ0v) is 39.8. The van der Waals surface area contributed by atoms with Gasteiger partial charge in [-0.25, -0.2) is 0 Å². The minimum atomic E-state index is -0.849. The third kappa shape index (κ3) is 18.0. The van der Waals surface area contributed by atoms with E-state index in [0.717, 1.165) is 46.6 Å². The fraction of sp³-hybridized carbons (Fsp3) is 0.481. The van der Waals surface area contributed by atoms with E-state index in [1.807, 2.05) is 67.2 Å². The smallest absolute Gasteiger partial charge is 0.321 e. The van der Waals surface area contributed by atoms with Crippen LogP contribution >= 0.6 is 11.8 Å². The maximum atomic E-state index is 12.1. The molecule has 0 spiro atoms. The third-order valence-corrected chi connectivity index (χ3v) is 13.5. The fourth-order valence-corrected chi connectivity index (χ4v) is 9.69. The molecular weight excluding hydrogens is 773 g/mol. The molecule has 0 saturated heterocycles. The first kappa shape index (κ1) is 51.2. The molecule has 0 bridgehead atoms. The molecule has 1 aromatic carbocycles. The van der Waals surface area contributed by atoms with E-state index in [1.54, 1.807) is 0 Å². The summed E-state index contributed by atoms with van der Waals surface area (Å²) in [5, 5.41) is 26.0. The van der Waals surface area contributed by atoms with Crippen LogP contribution in [0, 0.1) is 16.7 Å². The van der Waals surface area contributed by atoms with Crippen LogP contribution in [0.3, 0.4) is 0 Å². The number of carboxylic acid groups (broad SMARTS) is 2. The van der Waals surface area contributed by atoms with Crippen molar-refractivity contribution in [2.45, 2.75) is 126 Å².